The fourth-order valence-corrected chi connectivity index (χ4v) is 1.70. The van der Waals surface area contributed by atoms with Gasteiger partial charge in [0.05, 0.1) is 6.10 Å². The quantitative estimate of drug-likeness (QED) is 0.796. The van der Waals surface area contributed by atoms with E-state index in [1.54, 1.807) is 0 Å². The number of nitrogens with zero attached hydrogens (tertiary/aromatic N) is 1. The summed E-state index contributed by atoms with van der Waals surface area (Å²) in [4.78, 5) is 2.09. The molecule has 3 nitrogen and oxygen atoms in total. The lowest BCUT2D eigenvalue weighted by molar-refractivity contribution is 0.168. The highest BCUT2D eigenvalue weighted by Crippen LogP contribution is 2.15. The van der Waals surface area contributed by atoms with Crippen molar-refractivity contribution in [1.82, 2.24) is 10.2 Å². The van der Waals surface area contributed by atoms with Crippen molar-refractivity contribution in [2.24, 2.45) is 0 Å². The zero-order valence-electron chi connectivity index (χ0n) is 11.7. The van der Waals surface area contributed by atoms with E-state index in [4.69, 9.17) is 0 Å². The zero-order valence-corrected chi connectivity index (χ0v) is 11.7. The van der Waals surface area contributed by atoms with E-state index in [2.05, 4.69) is 10.2 Å². The fraction of sp³-hybridized carbons (Fsp3) is 0.571. The highest BCUT2D eigenvalue weighted by molar-refractivity contribution is 5.20. The predicted octanol–water partition coefficient (Wildman–Crippen LogP) is 1.93. The van der Waals surface area contributed by atoms with Crippen molar-refractivity contribution in [3.63, 3.8) is 0 Å². The van der Waals surface area contributed by atoms with E-state index in [1.807, 2.05) is 21.0 Å². The molecular weight excluding hydrogens is 250 g/mol. The van der Waals surface area contributed by atoms with Gasteiger partial charge >= 0.3 is 0 Å². The molecule has 0 fully saturated rings. The summed E-state index contributed by atoms with van der Waals surface area (Å²) < 4.78 is 25.8. The number of hydrogen-bond donors (Lipinski definition) is 2. The van der Waals surface area contributed by atoms with E-state index in [0.717, 1.165) is 25.1 Å². The standard InChI is InChI=1S/C14H22F2N2O/c1-10(6-7-18(2)3)17-9-14(19)11-4-5-12(15)13(16)8-11/h4-5,8,10,14,17,19H,6-7,9H2,1-3H3. The lowest BCUT2D eigenvalue weighted by atomic mass is 10.1. The minimum atomic E-state index is -0.933. The molecule has 1 rings (SSSR count). The third kappa shape index (κ3) is 5.63. The summed E-state index contributed by atoms with van der Waals surface area (Å²) in [5, 5.41) is 13.1. The van der Waals surface area contributed by atoms with E-state index >= 15 is 0 Å². The van der Waals surface area contributed by atoms with Gasteiger partial charge in [0.15, 0.2) is 11.6 Å². The lowest BCUT2D eigenvalue weighted by Gasteiger charge is -2.19. The molecule has 1 aromatic carbocycles. The van der Waals surface area contributed by atoms with Crippen LogP contribution in [0.4, 0.5) is 8.78 Å². The van der Waals surface area contributed by atoms with Crippen LogP contribution in [0.2, 0.25) is 0 Å². The maximum Gasteiger partial charge on any atom is 0.159 e. The van der Waals surface area contributed by atoms with Crippen LogP contribution in [0, 0.1) is 11.6 Å². The van der Waals surface area contributed by atoms with Crippen molar-refractivity contribution < 1.29 is 13.9 Å². The van der Waals surface area contributed by atoms with Crippen molar-refractivity contribution in [1.29, 1.82) is 0 Å². The molecule has 0 aliphatic heterocycles. The summed E-state index contributed by atoms with van der Waals surface area (Å²) in [6.45, 7) is 3.30. The first-order valence-electron chi connectivity index (χ1n) is 6.41. The first-order valence-corrected chi connectivity index (χ1v) is 6.41. The number of aliphatic hydroxyl groups is 1. The van der Waals surface area contributed by atoms with Crippen LogP contribution in [0.15, 0.2) is 18.2 Å². The molecule has 0 bridgehead atoms. The summed E-state index contributed by atoms with van der Waals surface area (Å²) in [6, 6.07) is 3.72. The number of benzene rings is 1. The molecule has 0 aromatic heterocycles. The summed E-state index contributed by atoms with van der Waals surface area (Å²) in [6.07, 6.45) is 0.120. The summed E-state index contributed by atoms with van der Waals surface area (Å²) >= 11 is 0. The molecule has 0 aliphatic rings. The van der Waals surface area contributed by atoms with Crippen molar-refractivity contribution in [3.05, 3.63) is 35.4 Å². The SMILES string of the molecule is CC(CCN(C)C)NCC(O)c1ccc(F)c(F)c1. The van der Waals surface area contributed by atoms with Crippen molar-refractivity contribution in [2.45, 2.75) is 25.5 Å². The minimum Gasteiger partial charge on any atom is -0.387 e. The van der Waals surface area contributed by atoms with Crippen molar-refractivity contribution in [3.8, 4) is 0 Å². The molecule has 1 aromatic rings. The molecule has 5 heteroatoms. The molecular formula is C14H22F2N2O. The second kappa shape index (κ2) is 7.53. The molecule has 2 atom stereocenters. The van der Waals surface area contributed by atoms with Gasteiger partial charge < -0.3 is 15.3 Å². The third-order valence-corrected chi connectivity index (χ3v) is 3.00. The Morgan fingerprint density at radius 2 is 1.95 bits per heavy atom. The normalized spacial score (nSPS) is 14.7. The molecule has 0 heterocycles. The zero-order chi connectivity index (χ0) is 14.4. The molecule has 0 saturated heterocycles. The Labute approximate surface area is 113 Å². The minimum absolute atomic E-state index is 0.252. The Morgan fingerprint density at radius 1 is 1.26 bits per heavy atom. The summed E-state index contributed by atoms with van der Waals surface area (Å²) in [7, 11) is 4.01. The lowest BCUT2D eigenvalue weighted by Crippen LogP contribution is -2.33. The number of aliphatic hydroxyl groups excluding tert-OH is 1. The van der Waals surface area contributed by atoms with Gasteiger partial charge in [-0.3, -0.25) is 0 Å². The van der Waals surface area contributed by atoms with E-state index in [0.29, 0.717) is 12.1 Å². The predicted molar refractivity (Wildman–Crippen MR) is 72.0 cm³/mol. The molecule has 0 saturated carbocycles. The van der Waals surface area contributed by atoms with Gasteiger partial charge in [-0.2, -0.15) is 0 Å². The monoisotopic (exact) mass is 272 g/mol. The second-order valence-electron chi connectivity index (χ2n) is 5.09. The topological polar surface area (TPSA) is 35.5 Å². The summed E-state index contributed by atoms with van der Waals surface area (Å²) in [5.74, 6) is -1.83. The maximum atomic E-state index is 13.0. The molecule has 0 spiro atoms. The van der Waals surface area contributed by atoms with Crippen LogP contribution in [0.25, 0.3) is 0 Å². The first kappa shape index (κ1) is 16.0. The molecule has 108 valence electrons. The van der Waals surface area contributed by atoms with Crippen LogP contribution in [0.3, 0.4) is 0 Å². The van der Waals surface area contributed by atoms with Gasteiger partial charge in [-0.1, -0.05) is 6.07 Å². The van der Waals surface area contributed by atoms with Gasteiger partial charge in [0.1, 0.15) is 0 Å². The van der Waals surface area contributed by atoms with Crippen molar-refractivity contribution in [2.75, 3.05) is 27.2 Å². The Morgan fingerprint density at radius 3 is 2.53 bits per heavy atom. The fourth-order valence-electron chi connectivity index (χ4n) is 1.70. The van der Waals surface area contributed by atoms with E-state index < -0.39 is 17.7 Å². The number of nitrogens with one attached hydrogen (secondary N) is 1. The van der Waals surface area contributed by atoms with Gasteiger partial charge in [0.2, 0.25) is 0 Å². The maximum absolute atomic E-state index is 13.0. The highest BCUT2D eigenvalue weighted by atomic mass is 19.2. The van der Waals surface area contributed by atoms with Crippen LogP contribution >= 0.6 is 0 Å². The largest absolute Gasteiger partial charge is 0.387 e. The second-order valence-corrected chi connectivity index (χ2v) is 5.09. The summed E-state index contributed by atoms with van der Waals surface area (Å²) in [5.41, 5.74) is 0.381. The molecule has 19 heavy (non-hydrogen) atoms. The Hall–Kier alpha value is -1.04. The van der Waals surface area contributed by atoms with Crippen LogP contribution in [0.5, 0.6) is 0 Å². The highest BCUT2D eigenvalue weighted by Gasteiger charge is 2.12. The van der Waals surface area contributed by atoms with E-state index in [-0.39, 0.29) is 6.04 Å². The Bertz CT molecular complexity index is 399. The van der Waals surface area contributed by atoms with Gasteiger partial charge in [-0.05, 0) is 51.7 Å². The first-order chi connectivity index (χ1) is 8.90. The van der Waals surface area contributed by atoms with Crippen LogP contribution < -0.4 is 5.32 Å². The molecule has 0 aliphatic carbocycles. The van der Waals surface area contributed by atoms with Gasteiger partial charge in [-0.15, -0.1) is 0 Å². The van der Waals surface area contributed by atoms with Crippen LogP contribution in [-0.4, -0.2) is 43.2 Å². The average Bonchev–Trinajstić information content (AvgIpc) is 2.36. The smallest absolute Gasteiger partial charge is 0.159 e. The number of halogens is 2. The van der Waals surface area contributed by atoms with Gasteiger partial charge in [0, 0.05) is 12.6 Å². The van der Waals surface area contributed by atoms with Crippen LogP contribution in [-0.2, 0) is 0 Å². The molecule has 2 unspecified atom stereocenters. The van der Waals surface area contributed by atoms with E-state index in [9.17, 15) is 13.9 Å². The number of hydrogen-bond acceptors (Lipinski definition) is 3. The van der Waals surface area contributed by atoms with E-state index in [1.165, 1.54) is 6.07 Å². The molecule has 0 radical (unpaired) electrons. The Balaban J connectivity index is 2.42. The average molecular weight is 272 g/mol. The van der Waals surface area contributed by atoms with Gasteiger partial charge in [-0.25, -0.2) is 8.78 Å². The van der Waals surface area contributed by atoms with Crippen LogP contribution in [0.1, 0.15) is 25.0 Å². The third-order valence-electron chi connectivity index (χ3n) is 3.00. The van der Waals surface area contributed by atoms with Crippen molar-refractivity contribution >= 4 is 0 Å². The number of rotatable bonds is 7. The Kier molecular flexibility index (Phi) is 6.34. The van der Waals surface area contributed by atoms with Gasteiger partial charge in [0.25, 0.3) is 0 Å². The molecule has 0 amide bonds. The molecule has 2 N–H and O–H groups in total.